The van der Waals surface area contributed by atoms with Gasteiger partial charge in [-0.15, -0.1) is 0 Å². The van der Waals surface area contributed by atoms with Gasteiger partial charge in [0.05, 0.1) is 19.8 Å². The van der Waals surface area contributed by atoms with Crippen LogP contribution >= 0.6 is 0 Å². The third-order valence-corrected chi connectivity index (χ3v) is 5.27. The highest BCUT2D eigenvalue weighted by Crippen LogP contribution is 2.42. The standard InChI is InChI=1S/C16H19F8NO8S/c1-10(17)11(26)33-14(15(20,21)22,12(27)25-5-8-31-9-6-25)32-7-3-2-4-13(18,19)16(23,24)34(28,29)30/h1-9H2,(H,28,29,30)/p-1. The Morgan fingerprint density at radius 3 is 2.00 bits per heavy atom. The maximum absolute atomic E-state index is 13.8. The van der Waals surface area contributed by atoms with Crippen LogP contribution in [0.5, 0.6) is 0 Å². The molecule has 1 unspecified atom stereocenters. The highest BCUT2D eigenvalue weighted by Gasteiger charge is 2.67. The zero-order valence-electron chi connectivity index (χ0n) is 17.0. The predicted octanol–water partition coefficient (Wildman–Crippen LogP) is 2.09. The van der Waals surface area contributed by atoms with Crippen molar-refractivity contribution in [1.82, 2.24) is 4.90 Å². The molecule has 1 atom stereocenters. The number of amides is 1. The van der Waals surface area contributed by atoms with Crippen LogP contribution in [0.2, 0.25) is 0 Å². The Kier molecular flexibility index (Phi) is 9.43. The second-order valence-electron chi connectivity index (χ2n) is 6.79. The lowest BCUT2D eigenvalue weighted by atomic mass is 10.1. The zero-order valence-corrected chi connectivity index (χ0v) is 17.8. The lowest BCUT2D eigenvalue weighted by Crippen LogP contribution is -2.63. The van der Waals surface area contributed by atoms with Crippen LogP contribution < -0.4 is 0 Å². The average Bonchev–Trinajstić information content (AvgIpc) is 2.70. The largest absolute Gasteiger partial charge is 0.743 e. The molecule has 18 heteroatoms. The number of unbranched alkanes of at least 4 members (excludes halogenated alkanes) is 1. The Morgan fingerprint density at radius 1 is 1.03 bits per heavy atom. The Labute approximate surface area is 187 Å². The third kappa shape index (κ3) is 6.54. The molecule has 1 fully saturated rings. The Balaban J connectivity index is 3.05. The van der Waals surface area contributed by atoms with Crippen molar-refractivity contribution in [3.8, 4) is 0 Å². The van der Waals surface area contributed by atoms with Crippen LogP contribution in [0.3, 0.4) is 0 Å². The molecule has 1 saturated heterocycles. The first-order valence-electron chi connectivity index (χ1n) is 9.17. The summed E-state index contributed by atoms with van der Waals surface area (Å²) in [7, 11) is -6.77. The number of nitrogens with zero attached hydrogens (tertiary/aromatic N) is 1. The SMILES string of the molecule is C=C(F)C(=O)OC(OCCCCC(F)(F)C(F)(F)S(=O)(=O)[O-])(C(=O)N1CCOCC1)C(F)(F)F. The fraction of sp³-hybridized carbons (Fsp3) is 0.750. The van der Waals surface area contributed by atoms with Gasteiger partial charge in [0.2, 0.25) is 5.83 Å². The molecular formula is C16H18F8NO8S-. The van der Waals surface area contributed by atoms with Gasteiger partial charge >= 0.3 is 35.0 Å². The zero-order chi connectivity index (χ0) is 26.6. The van der Waals surface area contributed by atoms with Crippen LogP contribution in [0.4, 0.5) is 35.1 Å². The maximum Gasteiger partial charge on any atom is 0.466 e. The lowest BCUT2D eigenvalue weighted by Gasteiger charge is -2.38. The minimum Gasteiger partial charge on any atom is -0.743 e. The average molecular weight is 536 g/mol. The summed E-state index contributed by atoms with van der Waals surface area (Å²) in [4.78, 5) is 24.6. The lowest BCUT2D eigenvalue weighted by molar-refractivity contribution is -0.351. The minimum absolute atomic E-state index is 0.213. The Bertz CT molecular complexity index is 873. The van der Waals surface area contributed by atoms with Crippen LogP contribution in [0.1, 0.15) is 19.3 Å². The fourth-order valence-corrected chi connectivity index (χ4v) is 3.02. The number of halogens is 8. The molecule has 0 spiro atoms. The second-order valence-corrected chi connectivity index (χ2v) is 8.22. The van der Waals surface area contributed by atoms with Crippen molar-refractivity contribution in [2.75, 3.05) is 32.9 Å². The first kappa shape index (κ1) is 30.0. The molecule has 1 aliphatic heterocycles. The second kappa shape index (κ2) is 10.7. The van der Waals surface area contributed by atoms with Crippen molar-refractivity contribution in [2.24, 2.45) is 0 Å². The molecule has 0 N–H and O–H groups in total. The highest BCUT2D eigenvalue weighted by molar-refractivity contribution is 7.86. The van der Waals surface area contributed by atoms with Crippen molar-refractivity contribution in [2.45, 2.75) is 42.4 Å². The first-order chi connectivity index (χ1) is 15.3. The van der Waals surface area contributed by atoms with Crippen molar-refractivity contribution >= 4 is 22.0 Å². The van der Waals surface area contributed by atoms with E-state index < -0.39 is 89.9 Å². The number of rotatable bonds is 11. The topological polar surface area (TPSA) is 122 Å². The summed E-state index contributed by atoms with van der Waals surface area (Å²) in [6, 6.07) is 0. The molecule has 0 aliphatic carbocycles. The van der Waals surface area contributed by atoms with E-state index in [0.717, 1.165) is 0 Å². The summed E-state index contributed by atoms with van der Waals surface area (Å²) in [6.07, 6.45) is -9.86. The summed E-state index contributed by atoms with van der Waals surface area (Å²) in [6.45, 7) is -0.152. The van der Waals surface area contributed by atoms with Gasteiger partial charge in [-0.1, -0.05) is 6.58 Å². The number of carbonyl (C=O) groups excluding carboxylic acids is 2. The Hall–Kier alpha value is -2.05. The fourth-order valence-electron chi connectivity index (χ4n) is 2.55. The van der Waals surface area contributed by atoms with Crippen LogP contribution in [0.25, 0.3) is 0 Å². The molecule has 0 aromatic heterocycles. The van der Waals surface area contributed by atoms with E-state index in [1.807, 2.05) is 0 Å². The number of alkyl halides is 7. The molecule has 0 saturated carbocycles. The summed E-state index contributed by atoms with van der Waals surface area (Å²) < 4.78 is 152. The van der Waals surface area contributed by atoms with E-state index in [9.17, 15) is 57.7 Å². The van der Waals surface area contributed by atoms with Crippen molar-refractivity contribution in [3.63, 3.8) is 0 Å². The van der Waals surface area contributed by atoms with Crippen LogP contribution in [-0.2, 0) is 33.9 Å². The van der Waals surface area contributed by atoms with Crippen molar-refractivity contribution < 1.29 is 71.9 Å². The molecule has 34 heavy (non-hydrogen) atoms. The van der Waals surface area contributed by atoms with Gasteiger partial charge in [0.25, 0.3) is 0 Å². The summed E-state index contributed by atoms with van der Waals surface area (Å²) >= 11 is 0. The van der Waals surface area contributed by atoms with Gasteiger partial charge in [-0.3, -0.25) is 4.79 Å². The van der Waals surface area contributed by atoms with Crippen molar-refractivity contribution in [3.05, 3.63) is 12.4 Å². The normalized spacial score (nSPS) is 17.7. The molecule has 1 heterocycles. The van der Waals surface area contributed by atoms with E-state index in [2.05, 4.69) is 16.1 Å². The van der Waals surface area contributed by atoms with Crippen LogP contribution in [-0.4, -0.2) is 85.8 Å². The molecule has 0 aromatic rings. The van der Waals surface area contributed by atoms with Gasteiger partial charge < -0.3 is 23.7 Å². The molecule has 9 nitrogen and oxygen atoms in total. The molecule has 0 aromatic carbocycles. The predicted molar refractivity (Wildman–Crippen MR) is 91.9 cm³/mol. The molecule has 1 rings (SSSR count). The first-order valence-corrected chi connectivity index (χ1v) is 10.6. The number of hydrogen-bond donors (Lipinski definition) is 0. The minimum atomic E-state index is -6.77. The molecule has 0 bridgehead atoms. The van der Waals surface area contributed by atoms with Gasteiger partial charge in [0, 0.05) is 19.5 Å². The van der Waals surface area contributed by atoms with Gasteiger partial charge in [-0.2, -0.15) is 35.1 Å². The molecular weight excluding hydrogens is 518 g/mol. The molecule has 198 valence electrons. The van der Waals surface area contributed by atoms with E-state index >= 15 is 0 Å². The highest BCUT2D eigenvalue weighted by atomic mass is 32.2. The number of carbonyl (C=O) groups is 2. The van der Waals surface area contributed by atoms with Gasteiger partial charge in [0.1, 0.15) is 0 Å². The van der Waals surface area contributed by atoms with E-state index in [1.54, 1.807) is 0 Å². The molecule has 0 radical (unpaired) electrons. The van der Waals surface area contributed by atoms with Gasteiger partial charge in [-0.05, 0) is 12.8 Å². The van der Waals surface area contributed by atoms with Gasteiger partial charge in [0.15, 0.2) is 10.1 Å². The van der Waals surface area contributed by atoms with E-state index in [-0.39, 0.29) is 13.2 Å². The third-order valence-electron chi connectivity index (χ3n) is 4.34. The Morgan fingerprint density at radius 2 is 1.56 bits per heavy atom. The van der Waals surface area contributed by atoms with E-state index in [0.29, 0.717) is 4.90 Å². The smallest absolute Gasteiger partial charge is 0.466 e. The molecule has 1 amide bonds. The summed E-state index contributed by atoms with van der Waals surface area (Å²) in [5, 5.41) is -6.00. The number of esters is 1. The number of hydrogen-bond acceptors (Lipinski definition) is 8. The van der Waals surface area contributed by atoms with Crippen LogP contribution in [0.15, 0.2) is 12.4 Å². The molecule has 1 aliphatic rings. The van der Waals surface area contributed by atoms with E-state index in [1.165, 1.54) is 0 Å². The van der Waals surface area contributed by atoms with Crippen LogP contribution in [0, 0.1) is 0 Å². The van der Waals surface area contributed by atoms with E-state index in [4.69, 9.17) is 4.74 Å². The quantitative estimate of drug-likeness (QED) is 0.0983. The summed E-state index contributed by atoms with van der Waals surface area (Å²) in [5.74, 6) is -16.2. The maximum atomic E-state index is 13.8. The van der Waals surface area contributed by atoms with Gasteiger partial charge in [-0.25, -0.2) is 13.2 Å². The van der Waals surface area contributed by atoms with Crippen molar-refractivity contribution in [1.29, 1.82) is 0 Å². The summed E-state index contributed by atoms with van der Waals surface area (Å²) in [5.41, 5.74) is 0. The number of morpholine rings is 1. The monoisotopic (exact) mass is 536 g/mol. The number of ether oxygens (including phenoxy) is 3.